The van der Waals surface area contributed by atoms with Crippen LogP contribution in [0.1, 0.15) is 10.4 Å². The molecule has 1 aromatic heterocycles. The molecule has 0 unspecified atom stereocenters. The number of nitrogens with zero attached hydrogens (tertiary/aromatic N) is 1. The van der Waals surface area contributed by atoms with Gasteiger partial charge < -0.3 is 5.11 Å². The lowest BCUT2D eigenvalue weighted by atomic mass is 10.3. The van der Waals surface area contributed by atoms with Gasteiger partial charge in [0, 0.05) is 0 Å². The Morgan fingerprint density at radius 2 is 2.44 bits per heavy atom. The first-order valence-electron chi connectivity index (χ1n) is 2.43. The van der Waals surface area contributed by atoms with Crippen LogP contribution in [0.3, 0.4) is 0 Å². The summed E-state index contributed by atoms with van der Waals surface area (Å²) in [5.41, 5.74) is 0.847. The average Bonchev–Trinajstić information content (AvgIpc) is 2.10. The molecule has 0 aliphatic heterocycles. The van der Waals surface area contributed by atoms with E-state index in [9.17, 15) is 0 Å². The van der Waals surface area contributed by atoms with Gasteiger partial charge in [-0.05, 0) is 18.6 Å². The molecule has 0 bridgehead atoms. The minimum Gasteiger partial charge on any atom is -0.499 e. The molecule has 0 aromatic carbocycles. The van der Waals surface area contributed by atoms with Crippen molar-refractivity contribution < 1.29 is 5.11 Å². The van der Waals surface area contributed by atoms with Crippen molar-refractivity contribution >= 4 is 11.3 Å². The predicted octanol–water partition coefficient (Wildman–Crippen LogP) is 1.63. The minimum atomic E-state index is 0.212. The maximum atomic E-state index is 8.83. The first kappa shape index (κ1) is 6.12. The molecule has 0 spiro atoms. The third-order valence-electron chi connectivity index (χ3n) is 1.01. The standard InChI is InChI=1S/C6H5NOS/c1-4-2-6(8)9-5(4)3-7/h2,8H,1H3. The number of hydrogen-bond donors (Lipinski definition) is 1. The van der Waals surface area contributed by atoms with Crippen molar-refractivity contribution in [3.05, 3.63) is 16.5 Å². The van der Waals surface area contributed by atoms with Crippen LogP contribution in [0.2, 0.25) is 0 Å². The Morgan fingerprint density at radius 3 is 2.67 bits per heavy atom. The Labute approximate surface area is 57.0 Å². The summed E-state index contributed by atoms with van der Waals surface area (Å²) in [6.07, 6.45) is 0. The Bertz CT molecular complexity index is 259. The number of rotatable bonds is 0. The van der Waals surface area contributed by atoms with Crippen molar-refractivity contribution in [3.8, 4) is 11.1 Å². The van der Waals surface area contributed by atoms with Crippen LogP contribution >= 0.6 is 11.3 Å². The normalized spacial score (nSPS) is 8.89. The van der Waals surface area contributed by atoms with E-state index in [-0.39, 0.29) is 5.06 Å². The average molecular weight is 139 g/mol. The Morgan fingerprint density at radius 1 is 1.78 bits per heavy atom. The maximum Gasteiger partial charge on any atom is 0.172 e. The molecule has 0 saturated heterocycles. The molecule has 9 heavy (non-hydrogen) atoms. The van der Waals surface area contributed by atoms with Gasteiger partial charge in [-0.25, -0.2) is 0 Å². The number of nitriles is 1. The molecule has 2 nitrogen and oxygen atoms in total. The second-order valence-electron chi connectivity index (χ2n) is 1.71. The van der Waals surface area contributed by atoms with Crippen molar-refractivity contribution in [2.45, 2.75) is 6.92 Å². The fourth-order valence-electron chi connectivity index (χ4n) is 0.576. The van der Waals surface area contributed by atoms with Crippen LogP contribution in [-0.4, -0.2) is 5.11 Å². The Balaban J connectivity index is 3.20. The van der Waals surface area contributed by atoms with Crippen molar-refractivity contribution in [2.75, 3.05) is 0 Å². The summed E-state index contributed by atoms with van der Waals surface area (Å²) < 4.78 is 0. The molecule has 0 fully saturated rings. The summed E-state index contributed by atoms with van der Waals surface area (Å²) in [6.45, 7) is 1.80. The summed E-state index contributed by atoms with van der Waals surface area (Å²) in [5.74, 6) is 0. The second-order valence-corrected chi connectivity index (χ2v) is 2.74. The van der Waals surface area contributed by atoms with Crippen molar-refractivity contribution in [1.29, 1.82) is 5.26 Å². The van der Waals surface area contributed by atoms with Crippen LogP contribution in [-0.2, 0) is 0 Å². The number of thiophene rings is 1. The van der Waals surface area contributed by atoms with Crippen molar-refractivity contribution in [2.24, 2.45) is 0 Å². The van der Waals surface area contributed by atoms with Gasteiger partial charge in [0.15, 0.2) is 5.06 Å². The molecule has 1 N–H and O–H groups in total. The first-order chi connectivity index (χ1) is 4.24. The molecule has 0 radical (unpaired) electrons. The molecule has 0 amide bonds. The smallest absolute Gasteiger partial charge is 0.172 e. The molecule has 1 aromatic rings. The summed E-state index contributed by atoms with van der Waals surface area (Å²) in [7, 11) is 0. The van der Waals surface area contributed by atoms with Crippen molar-refractivity contribution in [1.82, 2.24) is 0 Å². The second kappa shape index (κ2) is 2.08. The molecule has 0 atom stereocenters. The molecule has 3 heteroatoms. The molecule has 1 heterocycles. The van der Waals surface area contributed by atoms with Gasteiger partial charge in [0.1, 0.15) is 10.9 Å². The summed E-state index contributed by atoms with van der Waals surface area (Å²) in [4.78, 5) is 0.590. The zero-order chi connectivity index (χ0) is 6.85. The number of hydrogen-bond acceptors (Lipinski definition) is 3. The SMILES string of the molecule is Cc1cc(O)sc1C#N. The quantitative estimate of drug-likeness (QED) is 0.593. The van der Waals surface area contributed by atoms with Gasteiger partial charge in [-0.15, -0.1) is 0 Å². The van der Waals surface area contributed by atoms with Crippen LogP contribution in [0.25, 0.3) is 0 Å². The van der Waals surface area contributed by atoms with Gasteiger partial charge >= 0.3 is 0 Å². The molecular weight excluding hydrogens is 134 g/mol. The monoisotopic (exact) mass is 139 g/mol. The van der Waals surface area contributed by atoms with Gasteiger partial charge in [0.05, 0.1) is 0 Å². The fourth-order valence-corrected chi connectivity index (χ4v) is 1.29. The van der Waals surface area contributed by atoms with Crippen LogP contribution in [0.5, 0.6) is 5.06 Å². The van der Waals surface area contributed by atoms with Gasteiger partial charge in [-0.3, -0.25) is 0 Å². The summed E-state index contributed by atoms with van der Waals surface area (Å²) in [6, 6.07) is 3.56. The van der Waals surface area contributed by atoms with E-state index in [1.807, 2.05) is 6.07 Å². The van der Waals surface area contributed by atoms with Gasteiger partial charge in [0.25, 0.3) is 0 Å². The van der Waals surface area contributed by atoms with Gasteiger partial charge in [-0.1, -0.05) is 11.3 Å². The van der Waals surface area contributed by atoms with E-state index >= 15 is 0 Å². The Kier molecular flexibility index (Phi) is 1.41. The molecular formula is C6H5NOS. The molecule has 0 aliphatic carbocycles. The zero-order valence-corrected chi connectivity index (χ0v) is 5.70. The van der Waals surface area contributed by atoms with E-state index in [1.54, 1.807) is 13.0 Å². The number of aromatic hydroxyl groups is 1. The fraction of sp³-hybridized carbons (Fsp3) is 0.167. The lowest BCUT2D eigenvalue weighted by Gasteiger charge is -1.75. The highest BCUT2D eigenvalue weighted by atomic mass is 32.1. The van der Waals surface area contributed by atoms with E-state index < -0.39 is 0 Å². The summed E-state index contributed by atoms with van der Waals surface area (Å²) >= 11 is 1.11. The van der Waals surface area contributed by atoms with Crippen molar-refractivity contribution in [3.63, 3.8) is 0 Å². The van der Waals surface area contributed by atoms with Gasteiger partial charge in [-0.2, -0.15) is 5.26 Å². The lowest BCUT2D eigenvalue weighted by Crippen LogP contribution is -1.65. The molecule has 1 rings (SSSR count). The highest BCUT2D eigenvalue weighted by molar-refractivity contribution is 7.14. The third-order valence-corrected chi connectivity index (χ3v) is 1.95. The Hall–Kier alpha value is -1.01. The largest absolute Gasteiger partial charge is 0.499 e. The van der Waals surface area contributed by atoms with E-state index in [1.165, 1.54) is 0 Å². The van der Waals surface area contributed by atoms with Crippen LogP contribution in [0.4, 0.5) is 0 Å². The zero-order valence-electron chi connectivity index (χ0n) is 4.88. The first-order valence-corrected chi connectivity index (χ1v) is 3.25. The minimum absolute atomic E-state index is 0.212. The molecule has 0 aliphatic rings. The van der Waals surface area contributed by atoms with Crippen LogP contribution in [0, 0.1) is 18.3 Å². The summed E-state index contributed by atoms with van der Waals surface area (Å²) in [5, 5.41) is 17.4. The third kappa shape index (κ3) is 1.03. The molecule has 0 saturated carbocycles. The van der Waals surface area contributed by atoms with Crippen LogP contribution < -0.4 is 0 Å². The van der Waals surface area contributed by atoms with Crippen LogP contribution in [0.15, 0.2) is 6.07 Å². The lowest BCUT2D eigenvalue weighted by molar-refractivity contribution is 0.490. The highest BCUT2D eigenvalue weighted by Crippen LogP contribution is 2.25. The topological polar surface area (TPSA) is 44.0 Å². The maximum absolute atomic E-state index is 8.83. The highest BCUT2D eigenvalue weighted by Gasteiger charge is 2.00. The van der Waals surface area contributed by atoms with E-state index in [4.69, 9.17) is 10.4 Å². The van der Waals surface area contributed by atoms with E-state index in [2.05, 4.69) is 0 Å². The number of aryl methyl sites for hydroxylation is 1. The van der Waals surface area contributed by atoms with Gasteiger partial charge in [0.2, 0.25) is 0 Å². The predicted molar refractivity (Wildman–Crippen MR) is 35.4 cm³/mol. The molecule has 46 valence electrons. The van der Waals surface area contributed by atoms with E-state index in [0.29, 0.717) is 4.88 Å². The van der Waals surface area contributed by atoms with E-state index in [0.717, 1.165) is 16.9 Å².